The van der Waals surface area contributed by atoms with Gasteiger partial charge in [0.05, 0.1) is 0 Å². The van der Waals surface area contributed by atoms with Crippen LogP contribution in [-0.4, -0.2) is 15.8 Å². The average Bonchev–Trinajstić information content (AvgIpc) is 2.74. The highest BCUT2D eigenvalue weighted by Gasteiger charge is 2.03. The van der Waals surface area contributed by atoms with Crippen LogP contribution in [0.3, 0.4) is 0 Å². The zero-order valence-corrected chi connectivity index (χ0v) is 9.85. The Hall–Kier alpha value is -2.37. The summed E-state index contributed by atoms with van der Waals surface area (Å²) in [6, 6.07) is 7.30. The fraction of sp³-hybridized carbons (Fsp3) is 0.167. The number of nitrogens with one attached hydrogen (secondary N) is 2. The molecule has 5 nitrogen and oxygen atoms in total. The van der Waals surface area contributed by atoms with Crippen molar-refractivity contribution < 1.29 is 9.18 Å². The molecule has 2 amide bonds. The van der Waals surface area contributed by atoms with Gasteiger partial charge in [0.15, 0.2) is 5.82 Å². The molecular formula is C12H13FN4O. The molecule has 0 saturated carbocycles. The monoisotopic (exact) mass is 248 g/mol. The van der Waals surface area contributed by atoms with Crippen LogP contribution in [0.1, 0.15) is 5.56 Å². The first-order chi connectivity index (χ1) is 8.63. The van der Waals surface area contributed by atoms with Crippen LogP contribution in [0.2, 0.25) is 0 Å². The quantitative estimate of drug-likeness (QED) is 0.871. The molecule has 18 heavy (non-hydrogen) atoms. The molecule has 6 heteroatoms. The van der Waals surface area contributed by atoms with Crippen LogP contribution in [0.15, 0.2) is 36.5 Å². The molecule has 2 aromatic rings. The Labute approximate surface area is 104 Å². The summed E-state index contributed by atoms with van der Waals surface area (Å²) in [5.41, 5.74) is 0.826. The number of hydrogen-bond donors (Lipinski definition) is 2. The number of halogens is 1. The summed E-state index contributed by atoms with van der Waals surface area (Å²) in [6.45, 7) is 0.332. The van der Waals surface area contributed by atoms with E-state index in [2.05, 4.69) is 15.7 Å². The van der Waals surface area contributed by atoms with Gasteiger partial charge in [0.2, 0.25) is 0 Å². The van der Waals surface area contributed by atoms with Crippen molar-refractivity contribution in [1.82, 2.24) is 15.1 Å². The predicted molar refractivity (Wildman–Crippen MR) is 65.5 cm³/mol. The number of benzene rings is 1. The number of nitrogens with zero attached hydrogens (tertiary/aromatic N) is 2. The van der Waals surface area contributed by atoms with Crippen LogP contribution >= 0.6 is 0 Å². The normalized spacial score (nSPS) is 10.1. The number of aryl methyl sites for hydroxylation is 1. The molecule has 0 fully saturated rings. The van der Waals surface area contributed by atoms with Gasteiger partial charge in [-0.25, -0.2) is 9.18 Å². The first-order valence-electron chi connectivity index (χ1n) is 5.42. The van der Waals surface area contributed by atoms with Crippen LogP contribution in [0.4, 0.5) is 15.0 Å². The third-order valence-corrected chi connectivity index (χ3v) is 2.32. The number of aromatic nitrogens is 2. The van der Waals surface area contributed by atoms with Crippen LogP contribution in [0, 0.1) is 5.82 Å². The minimum absolute atomic E-state index is 0.295. The van der Waals surface area contributed by atoms with Crippen molar-refractivity contribution >= 4 is 11.8 Å². The van der Waals surface area contributed by atoms with Gasteiger partial charge in [-0.1, -0.05) is 12.1 Å². The molecule has 0 aliphatic heterocycles. The minimum Gasteiger partial charge on any atom is -0.334 e. The number of rotatable bonds is 3. The molecule has 1 aromatic carbocycles. The maximum atomic E-state index is 12.7. The van der Waals surface area contributed by atoms with Crippen molar-refractivity contribution in [1.29, 1.82) is 0 Å². The molecular weight excluding hydrogens is 235 g/mol. The molecule has 0 atom stereocenters. The zero-order valence-electron chi connectivity index (χ0n) is 9.85. The first kappa shape index (κ1) is 12.1. The highest BCUT2D eigenvalue weighted by molar-refractivity contribution is 5.88. The van der Waals surface area contributed by atoms with Crippen molar-refractivity contribution in [3.63, 3.8) is 0 Å². The number of carbonyl (C=O) groups excluding carboxylic acids is 1. The number of carbonyl (C=O) groups is 1. The Kier molecular flexibility index (Phi) is 3.57. The lowest BCUT2D eigenvalue weighted by atomic mass is 10.2. The number of hydrogen-bond acceptors (Lipinski definition) is 2. The van der Waals surface area contributed by atoms with E-state index in [1.807, 2.05) is 0 Å². The van der Waals surface area contributed by atoms with Gasteiger partial charge in [-0.2, -0.15) is 5.10 Å². The van der Waals surface area contributed by atoms with Crippen molar-refractivity contribution in [2.24, 2.45) is 7.05 Å². The second kappa shape index (κ2) is 5.31. The van der Waals surface area contributed by atoms with Crippen LogP contribution < -0.4 is 10.6 Å². The molecule has 0 unspecified atom stereocenters. The number of urea groups is 1. The van der Waals surface area contributed by atoms with Crippen LogP contribution in [-0.2, 0) is 13.6 Å². The Morgan fingerprint density at radius 3 is 2.67 bits per heavy atom. The van der Waals surface area contributed by atoms with Gasteiger partial charge in [-0.05, 0) is 17.7 Å². The van der Waals surface area contributed by atoms with E-state index in [1.54, 1.807) is 36.1 Å². The van der Waals surface area contributed by atoms with E-state index in [-0.39, 0.29) is 11.8 Å². The largest absolute Gasteiger partial charge is 0.334 e. The third kappa shape index (κ3) is 3.31. The van der Waals surface area contributed by atoms with E-state index in [0.29, 0.717) is 12.4 Å². The second-order valence-electron chi connectivity index (χ2n) is 3.81. The summed E-state index contributed by atoms with van der Waals surface area (Å²) in [5, 5.41) is 9.26. The lowest BCUT2D eigenvalue weighted by Gasteiger charge is -2.05. The molecule has 0 aliphatic carbocycles. The molecule has 0 spiro atoms. The first-order valence-corrected chi connectivity index (χ1v) is 5.42. The molecule has 0 bridgehead atoms. The van der Waals surface area contributed by atoms with E-state index in [0.717, 1.165) is 5.56 Å². The van der Waals surface area contributed by atoms with E-state index < -0.39 is 0 Å². The third-order valence-electron chi connectivity index (χ3n) is 2.32. The fourth-order valence-corrected chi connectivity index (χ4v) is 1.43. The maximum Gasteiger partial charge on any atom is 0.320 e. The lowest BCUT2D eigenvalue weighted by molar-refractivity contribution is 0.251. The smallest absolute Gasteiger partial charge is 0.320 e. The van der Waals surface area contributed by atoms with Gasteiger partial charge in [0, 0.05) is 25.9 Å². The number of amides is 2. The summed E-state index contributed by atoms with van der Waals surface area (Å²) in [5.74, 6) is 0.186. The van der Waals surface area contributed by atoms with E-state index in [9.17, 15) is 9.18 Å². The lowest BCUT2D eigenvalue weighted by Crippen LogP contribution is -2.28. The predicted octanol–water partition coefficient (Wildman–Crippen LogP) is 1.88. The topological polar surface area (TPSA) is 59.0 Å². The Balaban J connectivity index is 1.83. The van der Waals surface area contributed by atoms with Gasteiger partial charge >= 0.3 is 6.03 Å². The van der Waals surface area contributed by atoms with Gasteiger partial charge in [0.25, 0.3) is 0 Å². The maximum absolute atomic E-state index is 12.7. The van der Waals surface area contributed by atoms with Crippen molar-refractivity contribution in [3.05, 3.63) is 47.9 Å². The molecule has 1 heterocycles. The Morgan fingerprint density at radius 2 is 2.06 bits per heavy atom. The zero-order chi connectivity index (χ0) is 13.0. The Bertz CT molecular complexity index is 535. The van der Waals surface area contributed by atoms with Gasteiger partial charge in [-0.15, -0.1) is 0 Å². The fourth-order valence-electron chi connectivity index (χ4n) is 1.43. The molecule has 0 saturated heterocycles. The summed E-state index contributed by atoms with van der Waals surface area (Å²) >= 11 is 0. The summed E-state index contributed by atoms with van der Waals surface area (Å²) < 4.78 is 14.3. The van der Waals surface area contributed by atoms with Gasteiger partial charge in [0.1, 0.15) is 5.82 Å². The standard InChI is InChI=1S/C12H13FN4O/c1-17-7-6-11(16-17)15-12(18)14-8-9-2-4-10(13)5-3-9/h2-7H,8H2,1H3,(H2,14,15,16,18). The summed E-state index contributed by atoms with van der Waals surface area (Å²) in [4.78, 5) is 11.5. The van der Waals surface area contributed by atoms with E-state index in [4.69, 9.17) is 0 Å². The highest BCUT2D eigenvalue weighted by atomic mass is 19.1. The minimum atomic E-state index is -0.349. The molecule has 2 N–H and O–H groups in total. The molecule has 0 radical (unpaired) electrons. The molecule has 94 valence electrons. The van der Waals surface area contributed by atoms with Crippen LogP contribution in [0.25, 0.3) is 0 Å². The molecule has 1 aromatic heterocycles. The SMILES string of the molecule is Cn1ccc(NC(=O)NCc2ccc(F)cc2)n1. The Morgan fingerprint density at radius 1 is 1.33 bits per heavy atom. The number of anilines is 1. The molecule has 0 aliphatic rings. The van der Waals surface area contributed by atoms with E-state index in [1.165, 1.54) is 12.1 Å². The summed E-state index contributed by atoms with van der Waals surface area (Å²) in [7, 11) is 1.77. The van der Waals surface area contributed by atoms with Crippen molar-refractivity contribution in [2.45, 2.75) is 6.54 Å². The van der Waals surface area contributed by atoms with Crippen molar-refractivity contribution in [3.8, 4) is 0 Å². The second-order valence-corrected chi connectivity index (χ2v) is 3.81. The van der Waals surface area contributed by atoms with Gasteiger partial charge in [-0.3, -0.25) is 10.00 Å². The molecule has 2 rings (SSSR count). The summed E-state index contributed by atoms with van der Waals surface area (Å²) in [6.07, 6.45) is 1.73. The highest BCUT2D eigenvalue weighted by Crippen LogP contribution is 2.03. The van der Waals surface area contributed by atoms with Crippen molar-refractivity contribution in [2.75, 3.05) is 5.32 Å². The van der Waals surface area contributed by atoms with Gasteiger partial charge < -0.3 is 5.32 Å². The van der Waals surface area contributed by atoms with Crippen LogP contribution in [0.5, 0.6) is 0 Å². The van der Waals surface area contributed by atoms with E-state index >= 15 is 0 Å². The average molecular weight is 248 g/mol.